The molecule has 1 aromatic rings. The molecule has 0 aliphatic rings. The number of halogens is 3. The van der Waals surface area contributed by atoms with Gasteiger partial charge in [-0.2, -0.15) is 13.2 Å². The van der Waals surface area contributed by atoms with Gasteiger partial charge in [-0.25, -0.2) is 0 Å². The molecular weight excluding hydrogens is 233 g/mol. The molecule has 0 N–H and O–H groups in total. The zero-order valence-corrected chi connectivity index (χ0v) is 8.91. The van der Waals surface area contributed by atoms with E-state index in [9.17, 15) is 18.0 Å². The van der Waals surface area contributed by atoms with Gasteiger partial charge in [-0.05, 0) is 11.6 Å². The highest BCUT2D eigenvalue weighted by Crippen LogP contribution is 2.19. The quantitative estimate of drug-likeness (QED) is 0.760. The van der Waals surface area contributed by atoms with Crippen LogP contribution in [0.1, 0.15) is 12.0 Å². The van der Waals surface area contributed by atoms with Crippen molar-refractivity contribution in [1.29, 1.82) is 0 Å². The SMILES string of the molecule is O=C(CC(F)(F)F)OC/C=C/c1ccccc1. The van der Waals surface area contributed by atoms with Crippen LogP contribution in [0.3, 0.4) is 0 Å². The molecule has 0 saturated carbocycles. The van der Waals surface area contributed by atoms with E-state index in [0.29, 0.717) is 0 Å². The molecule has 5 heteroatoms. The Morgan fingerprint density at radius 3 is 2.47 bits per heavy atom. The second kappa shape index (κ2) is 6.08. The molecule has 17 heavy (non-hydrogen) atoms. The van der Waals surface area contributed by atoms with E-state index in [1.165, 1.54) is 6.08 Å². The van der Waals surface area contributed by atoms with E-state index in [-0.39, 0.29) is 6.61 Å². The fraction of sp³-hybridized carbons (Fsp3) is 0.250. The summed E-state index contributed by atoms with van der Waals surface area (Å²) in [7, 11) is 0. The van der Waals surface area contributed by atoms with Crippen molar-refractivity contribution in [3.63, 3.8) is 0 Å². The first kappa shape index (κ1) is 13.3. The fourth-order valence-electron chi connectivity index (χ4n) is 1.10. The van der Waals surface area contributed by atoms with Crippen LogP contribution in [-0.4, -0.2) is 18.8 Å². The van der Waals surface area contributed by atoms with E-state index < -0.39 is 18.6 Å². The molecule has 0 atom stereocenters. The van der Waals surface area contributed by atoms with Crippen molar-refractivity contribution in [2.24, 2.45) is 0 Å². The van der Waals surface area contributed by atoms with E-state index >= 15 is 0 Å². The van der Waals surface area contributed by atoms with Gasteiger partial charge in [-0.3, -0.25) is 4.79 Å². The topological polar surface area (TPSA) is 26.3 Å². The summed E-state index contributed by atoms with van der Waals surface area (Å²) in [5.74, 6) is -1.27. The number of alkyl halides is 3. The Morgan fingerprint density at radius 1 is 1.24 bits per heavy atom. The first-order valence-electron chi connectivity index (χ1n) is 4.91. The lowest BCUT2D eigenvalue weighted by Gasteiger charge is -2.04. The molecule has 2 nitrogen and oxygen atoms in total. The van der Waals surface area contributed by atoms with Gasteiger partial charge in [0.05, 0.1) is 0 Å². The molecule has 0 unspecified atom stereocenters. The lowest BCUT2D eigenvalue weighted by atomic mass is 10.2. The third kappa shape index (κ3) is 6.40. The molecule has 0 spiro atoms. The molecule has 92 valence electrons. The van der Waals surface area contributed by atoms with Crippen LogP contribution in [0.2, 0.25) is 0 Å². The molecule has 1 aromatic carbocycles. The minimum Gasteiger partial charge on any atom is -0.461 e. The third-order valence-corrected chi connectivity index (χ3v) is 1.80. The van der Waals surface area contributed by atoms with E-state index in [1.54, 1.807) is 6.08 Å². The summed E-state index contributed by atoms with van der Waals surface area (Å²) in [5.41, 5.74) is 0.888. The lowest BCUT2D eigenvalue weighted by molar-refractivity contribution is -0.170. The molecule has 0 radical (unpaired) electrons. The average Bonchev–Trinajstić information content (AvgIpc) is 2.23. The Morgan fingerprint density at radius 2 is 1.88 bits per heavy atom. The summed E-state index contributed by atoms with van der Waals surface area (Å²) in [5, 5.41) is 0. The van der Waals surface area contributed by atoms with E-state index in [4.69, 9.17) is 0 Å². The van der Waals surface area contributed by atoms with Gasteiger partial charge in [-0.15, -0.1) is 0 Å². The Balaban J connectivity index is 2.29. The van der Waals surface area contributed by atoms with Crippen molar-refractivity contribution in [2.45, 2.75) is 12.6 Å². The normalized spacial score (nSPS) is 11.7. The predicted octanol–water partition coefficient (Wildman–Crippen LogP) is 3.20. The molecule has 0 aliphatic carbocycles. The van der Waals surface area contributed by atoms with Gasteiger partial charge < -0.3 is 4.74 Å². The second-order valence-corrected chi connectivity index (χ2v) is 3.29. The monoisotopic (exact) mass is 244 g/mol. The molecule has 0 aromatic heterocycles. The minimum atomic E-state index is -4.51. The zero-order valence-electron chi connectivity index (χ0n) is 8.91. The van der Waals surface area contributed by atoms with Crippen LogP contribution in [0.15, 0.2) is 36.4 Å². The van der Waals surface area contributed by atoms with Gasteiger partial charge >= 0.3 is 12.1 Å². The average molecular weight is 244 g/mol. The van der Waals surface area contributed by atoms with Gasteiger partial charge in [-0.1, -0.05) is 36.4 Å². The third-order valence-electron chi connectivity index (χ3n) is 1.80. The summed E-state index contributed by atoms with van der Waals surface area (Å²) < 4.78 is 39.7. The number of hydrogen-bond donors (Lipinski definition) is 0. The van der Waals surface area contributed by atoms with Crippen LogP contribution >= 0.6 is 0 Å². The lowest BCUT2D eigenvalue weighted by Crippen LogP contribution is -2.17. The van der Waals surface area contributed by atoms with E-state index in [1.807, 2.05) is 30.3 Å². The molecule has 0 amide bonds. The van der Waals surface area contributed by atoms with Crippen LogP contribution < -0.4 is 0 Å². The van der Waals surface area contributed by atoms with Gasteiger partial charge in [0.1, 0.15) is 13.0 Å². The predicted molar refractivity (Wildman–Crippen MR) is 57.1 cm³/mol. The van der Waals surface area contributed by atoms with Crippen molar-refractivity contribution in [2.75, 3.05) is 6.61 Å². The standard InChI is InChI=1S/C12H11F3O2/c13-12(14,15)9-11(16)17-8-4-7-10-5-2-1-3-6-10/h1-7H,8-9H2/b7-4+. The van der Waals surface area contributed by atoms with E-state index in [0.717, 1.165) is 5.56 Å². The first-order chi connectivity index (χ1) is 7.97. The van der Waals surface area contributed by atoms with Crippen LogP contribution in [0, 0.1) is 0 Å². The number of hydrogen-bond acceptors (Lipinski definition) is 2. The molecule has 1 rings (SSSR count). The summed E-state index contributed by atoms with van der Waals surface area (Å²) in [6, 6.07) is 9.16. The van der Waals surface area contributed by atoms with Crippen molar-refractivity contribution >= 4 is 12.0 Å². The molecule has 0 saturated heterocycles. The van der Waals surface area contributed by atoms with Crippen molar-refractivity contribution in [3.05, 3.63) is 42.0 Å². The summed E-state index contributed by atoms with van der Waals surface area (Å²) in [6.07, 6.45) is -2.91. The number of carbonyl (C=O) groups is 1. The maximum absolute atomic E-state index is 11.8. The zero-order chi connectivity index (χ0) is 12.7. The molecule has 0 fully saturated rings. The van der Waals surface area contributed by atoms with Gasteiger partial charge in [0.15, 0.2) is 0 Å². The van der Waals surface area contributed by atoms with Crippen molar-refractivity contribution in [3.8, 4) is 0 Å². The fourth-order valence-corrected chi connectivity index (χ4v) is 1.10. The molecule has 0 aliphatic heterocycles. The molecular formula is C12H11F3O2. The van der Waals surface area contributed by atoms with Gasteiger partial charge in [0.25, 0.3) is 0 Å². The highest BCUT2D eigenvalue weighted by molar-refractivity contribution is 5.70. The number of benzene rings is 1. The van der Waals surface area contributed by atoms with Gasteiger partial charge in [0, 0.05) is 0 Å². The Bertz CT molecular complexity index is 382. The van der Waals surface area contributed by atoms with Gasteiger partial charge in [0.2, 0.25) is 0 Å². The second-order valence-electron chi connectivity index (χ2n) is 3.29. The number of esters is 1. The molecule has 0 heterocycles. The van der Waals surface area contributed by atoms with Crippen molar-refractivity contribution in [1.82, 2.24) is 0 Å². The van der Waals surface area contributed by atoms with E-state index in [2.05, 4.69) is 4.74 Å². The maximum Gasteiger partial charge on any atom is 0.399 e. The molecule has 0 bridgehead atoms. The summed E-state index contributed by atoms with van der Waals surface area (Å²) in [6.45, 7) is -0.163. The number of rotatable bonds is 4. The first-order valence-corrected chi connectivity index (χ1v) is 4.91. The maximum atomic E-state index is 11.8. The highest BCUT2D eigenvalue weighted by Gasteiger charge is 2.31. The summed E-state index contributed by atoms with van der Waals surface area (Å²) >= 11 is 0. The van der Waals surface area contributed by atoms with Crippen LogP contribution in [0.25, 0.3) is 6.08 Å². The Hall–Kier alpha value is -1.78. The Kier molecular flexibility index (Phi) is 4.75. The minimum absolute atomic E-state index is 0.163. The number of ether oxygens (including phenoxy) is 1. The van der Waals surface area contributed by atoms with Crippen LogP contribution in [0.5, 0.6) is 0 Å². The largest absolute Gasteiger partial charge is 0.461 e. The number of carbonyl (C=O) groups excluding carboxylic acids is 1. The van der Waals surface area contributed by atoms with Crippen molar-refractivity contribution < 1.29 is 22.7 Å². The van der Waals surface area contributed by atoms with Crippen LogP contribution in [-0.2, 0) is 9.53 Å². The smallest absolute Gasteiger partial charge is 0.399 e. The highest BCUT2D eigenvalue weighted by atomic mass is 19.4. The Labute approximate surface area is 96.7 Å². The van der Waals surface area contributed by atoms with Crippen LogP contribution in [0.4, 0.5) is 13.2 Å². The summed E-state index contributed by atoms with van der Waals surface area (Å²) in [4.78, 5) is 10.7.